The Morgan fingerprint density at radius 1 is 1.24 bits per heavy atom. The number of urea groups is 1. The number of primary amides is 1. The summed E-state index contributed by atoms with van der Waals surface area (Å²) in [5.41, 5.74) is 6.30. The number of nitrogens with two attached hydrogens (primary N) is 1. The quantitative estimate of drug-likeness (QED) is 0.774. The fourth-order valence-electron chi connectivity index (χ4n) is 2.54. The first-order chi connectivity index (χ1) is 11.9. The van der Waals surface area contributed by atoms with E-state index in [4.69, 9.17) is 5.73 Å². The molecule has 1 atom stereocenters. The highest BCUT2D eigenvalue weighted by Gasteiger charge is 2.39. The zero-order chi connectivity index (χ0) is 18.1. The minimum absolute atomic E-state index is 0.167. The highest BCUT2D eigenvalue weighted by molar-refractivity contribution is 6.21. The molecular formula is C16H15N5O4. The summed E-state index contributed by atoms with van der Waals surface area (Å²) in [5.74, 6) is -1.23. The Morgan fingerprint density at radius 2 is 1.92 bits per heavy atom. The lowest BCUT2D eigenvalue weighted by molar-refractivity contribution is -0.118. The average Bonchev–Trinajstić information content (AvgIpc) is 3.13. The zero-order valence-electron chi connectivity index (χ0n) is 13.3. The maximum Gasteiger partial charge on any atom is 0.329 e. The first-order valence-electron chi connectivity index (χ1n) is 7.45. The SMILES string of the molecule is CC(=O)n1cnc(CC2NC(=O)N(c3ccc(C(N)=O)cc3)C2=O)c1. The summed E-state index contributed by atoms with van der Waals surface area (Å²) in [4.78, 5) is 52.1. The highest BCUT2D eigenvalue weighted by Crippen LogP contribution is 2.21. The molecule has 0 aliphatic carbocycles. The van der Waals surface area contributed by atoms with E-state index >= 15 is 0 Å². The molecule has 2 aromatic rings. The van der Waals surface area contributed by atoms with E-state index in [1.807, 2.05) is 0 Å². The molecule has 1 fully saturated rings. The summed E-state index contributed by atoms with van der Waals surface area (Å²) in [7, 11) is 0. The molecule has 9 heteroatoms. The van der Waals surface area contributed by atoms with Gasteiger partial charge in [-0.3, -0.25) is 19.0 Å². The lowest BCUT2D eigenvalue weighted by atomic mass is 10.1. The van der Waals surface area contributed by atoms with Gasteiger partial charge in [0.15, 0.2) is 0 Å². The van der Waals surface area contributed by atoms with E-state index in [-0.39, 0.29) is 17.9 Å². The largest absolute Gasteiger partial charge is 0.366 e. The third-order valence-electron chi connectivity index (χ3n) is 3.84. The molecule has 3 rings (SSSR count). The summed E-state index contributed by atoms with van der Waals surface area (Å²) >= 11 is 0. The van der Waals surface area contributed by atoms with Crippen LogP contribution in [0.5, 0.6) is 0 Å². The van der Waals surface area contributed by atoms with Crippen LogP contribution in [0.2, 0.25) is 0 Å². The number of hydrogen-bond acceptors (Lipinski definition) is 5. The molecule has 25 heavy (non-hydrogen) atoms. The number of carbonyl (C=O) groups is 4. The van der Waals surface area contributed by atoms with E-state index in [9.17, 15) is 19.2 Å². The molecule has 1 aliphatic heterocycles. The second-order valence-corrected chi connectivity index (χ2v) is 5.58. The van der Waals surface area contributed by atoms with Gasteiger partial charge in [0, 0.05) is 25.1 Å². The molecule has 0 radical (unpaired) electrons. The Balaban J connectivity index is 1.77. The zero-order valence-corrected chi connectivity index (χ0v) is 13.3. The summed E-state index contributed by atoms with van der Waals surface area (Å²) in [6.07, 6.45) is 3.05. The number of benzene rings is 1. The Labute approximate surface area is 142 Å². The summed E-state index contributed by atoms with van der Waals surface area (Å²) in [5, 5.41) is 2.59. The lowest BCUT2D eigenvalue weighted by Gasteiger charge is -2.13. The van der Waals surface area contributed by atoms with Gasteiger partial charge in [0.2, 0.25) is 11.8 Å². The standard InChI is InChI=1S/C16H15N5O4/c1-9(22)20-7-11(18-8-20)6-13-15(24)21(16(25)19-13)12-4-2-10(3-5-12)14(17)23/h2-5,7-8,13H,6H2,1H3,(H2,17,23)(H,19,25). The number of hydrogen-bond donors (Lipinski definition) is 2. The second kappa shape index (κ2) is 6.19. The van der Waals surface area contributed by atoms with Crippen molar-refractivity contribution in [2.45, 2.75) is 19.4 Å². The van der Waals surface area contributed by atoms with Crippen LogP contribution in [-0.2, 0) is 11.2 Å². The Bertz CT molecular complexity index is 871. The van der Waals surface area contributed by atoms with Crippen molar-refractivity contribution in [3.8, 4) is 0 Å². The normalized spacial score (nSPS) is 16.8. The van der Waals surface area contributed by atoms with E-state index < -0.39 is 23.9 Å². The number of rotatable bonds is 4. The van der Waals surface area contributed by atoms with Crippen molar-refractivity contribution in [1.29, 1.82) is 0 Å². The van der Waals surface area contributed by atoms with E-state index in [1.54, 1.807) is 0 Å². The predicted molar refractivity (Wildman–Crippen MR) is 87.0 cm³/mol. The van der Waals surface area contributed by atoms with Gasteiger partial charge in [0.05, 0.1) is 11.4 Å². The van der Waals surface area contributed by atoms with Crippen molar-refractivity contribution in [3.05, 3.63) is 48.0 Å². The van der Waals surface area contributed by atoms with Gasteiger partial charge in [-0.25, -0.2) is 14.7 Å². The van der Waals surface area contributed by atoms with Crippen LogP contribution in [0.3, 0.4) is 0 Å². The van der Waals surface area contributed by atoms with Crippen LogP contribution in [0.4, 0.5) is 10.5 Å². The van der Waals surface area contributed by atoms with Gasteiger partial charge in [-0.1, -0.05) is 0 Å². The van der Waals surface area contributed by atoms with Crippen molar-refractivity contribution >= 4 is 29.4 Å². The van der Waals surface area contributed by atoms with E-state index in [1.165, 1.54) is 48.3 Å². The molecule has 4 amide bonds. The Hall–Kier alpha value is -3.49. The molecule has 3 N–H and O–H groups in total. The monoisotopic (exact) mass is 341 g/mol. The summed E-state index contributed by atoms with van der Waals surface area (Å²) in [6, 6.07) is 4.50. The van der Waals surface area contributed by atoms with Crippen LogP contribution in [0.25, 0.3) is 0 Å². The highest BCUT2D eigenvalue weighted by atomic mass is 16.2. The van der Waals surface area contributed by atoms with Crippen molar-refractivity contribution in [1.82, 2.24) is 14.9 Å². The van der Waals surface area contributed by atoms with E-state index in [0.29, 0.717) is 11.4 Å². The molecule has 0 spiro atoms. The topological polar surface area (TPSA) is 127 Å². The third kappa shape index (κ3) is 3.11. The maximum absolute atomic E-state index is 12.5. The molecule has 1 aliphatic rings. The van der Waals surface area contributed by atoms with Crippen molar-refractivity contribution in [2.75, 3.05) is 4.90 Å². The van der Waals surface area contributed by atoms with Gasteiger partial charge in [-0.15, -0.1) is 0 Å². The number of anilines is 1. The van der Waals surface area contributed by atoms with Gasteiger partial charge in [-0.2, -0.15) is 0 Å². The molecule has 0 saturated carbocycles. The van der Waals surface area contributed by atoms with Gasteiger partial charge < -0.3 is 11.1 Å². The smallest absolute Gasteiger partial charge is 0.329 e. The number of amides is 4. The molecule has 9 nitrogen and oxygen atoms in total. The van der Waals surface area contributed by atoms with Crippen molar-refractivity contribution in [2.24, 2.45) is 5.73 Å². The van der Waals surface area contributed by atoms with Crippen molar-refractivity contribution in [3.63, 3.8) is 0 Å². The molecule has 0 bridgehead atoms. The third-order valence-corrected chi connectivity index (χ3v) is 3.84. The molecular weight excluding hydrogens is 326 g/mol. The summed E-state index contributed by atoms with van der Waals surface area (Å²) in [6.45, 7) is 1.39. The van der Waals surface area contributed by atoms with E-state index in [0.717, 1.165) is 4.90 Å². The predicted octanol–water partition coefficient (Wildman–Crippen LogP) is 0.310. The number of carbonyl (C=O) groups excluding carboxylic acids is 4. The van der Waals surface area contributed by atoms with Crippen molar-refractivity contribution < 1.29 is 19.2 Å². The fourth-order valence-corrected chi connectivity index (χ4v) is 2.54. The van der Waals surface area contributed by atoms with Gasteiger partial charge >= 0.3 is 6.03 Å². The van der Waals surface area contributed by atoms with Crippen LogP contribution in [0.1, 0.15) is 27.8 Å². The van der Waals surface area contributed by atoms with Crippen LogP contribution >= 0.6 is 0 Å². The number of imide groups is 1. The first-order valence-corrected chi connectivity index (χ1v) is 7.45. The fraction of sp³-hybridized carbons (Fsp3) is 0.188. The van der Waals surface area contributed by atoms with E-state index in [2.05, 4.69) is 10.3 Å². The minimum atomic E-state index is -0.779. The van der Waals surface area contributed by atoms with Crippen LogP contribution in [0.15, 0.2) is 36.8 Å². The number of imidazole rings is 1. The molecule has 1 aromatic carbocycles. The van der Waals surface area contributed by atoms with Gasteiger partial charge in [0.1, 0.15) is 12.4 Å². The number of aromatic nitrogens is 2. The number of nitrogens with one attached hydrogen (secondary N) is 1. The van der Waals surface area contributed by atoms with Crippen LogP contribution in [-0.4, -0.2) is 39.3 Å². The first kappa shape index (κ1) is 16.4. The molecule has 128 valence electrons. The maximum atomic E-state index is 12.5. The molecule has 1 saturated heterocycles. The van der Waals surface area contributed by atoms with Gasteiger partial charge in [-0.05, 0) is 24.3 Å². The molecule has 1 unspecified atom stereocenters. The lowest BCUT2D eigenvalue weighted by Crippen LogP contribution is -2.32. The molecule has 1 aromatic heterocycles. The molecule has 2 heterocycles. The van der Waals surface area contributed by atoms with Crippen LogP contribution < -0.4 is 16.0 Å². The summed E-state index contributed by atoms with van der Waals surface area (Å²) < 4.78 is 1.30. The Kier molecular flexibility index (Phi) is 4.05. The minimum Gasteiger partial charge on any atom is -0.366 e. The van der Waals surface area contributed by atoms with Gasteiger partial charge in [0.25, 0.3) is 5.91 Å². The second-order valence-electron chi connectivity index (χ2n) is 5.58. The van der Waals surface area contributed by atoms with Crippen LogP contribution in [0, 0.1) is 0 Å². The average molecular weight is 341 g/mol. The Morgan fingerprint density at radius 3 is 2.48 bits per heavy atom. The number of nitrogens with zero attached hydrogens (tertiary/aromatic N) is 3.